The number of rotatable bonds is 7. The fraction of sp³-hybridized carbons (Fsp3) is 0.462. The average molecular weight is 288 g/mol. The molecule has 1 aromatic carbocycles. The molecule has 20 heavy (non-hydrogen) atoms. The number of halogens is 3. The van der Waals surface area contributed by atoms with Crippen LogP contribution in [0.2, 0.25) is 0 Å². The quantitative estimate of drug-likeness (QED) is 0.784. The van der Waals surface area contributed by atoms with E-state index in [1.165, 1.54) is 7.11 Å². The van der Waals surface area contributed by atoms with Gasteiger partial charge in [-0.05, 0) is 18.6 Å². The lowest BCUT2D eigenvalue weighted by Crippen LogP contribution is -2.18. The molecule has 0 heterocycles. The number of hydrogen-bond donors (Lipinski definition) is 1. The van der Waals surface area contributed by atoms with Crippen LogP contribution < -0.4 is 10.1 Å². The van der Waals surface area contributed by atoms with Gasteiger partial charge in [0.25, 0.3) is 0 Å². The molecule has 4 nitrogen and oxygen atoms in total. The third-order valence-electron chi connectivity index (χ3n) is 2.38. The Morgan fingerprint density at radius 1 is 1.35 bits per heavy atom. The number of benzene rings is 1. The minimum Gasteiger partial charge on any atom is -0.495 e. The van der Waals surface area contributed by atoms with Crippen molar-refractivity contribution in [2.24, 2.45) is 0 Å². The summed E-state index contributed by atoms with van der Waals surface area (Å²) in [5.74, 6) is 0.514. The summed E-state index contributed by atoms with van der Waals surface area (Å²) in [7, 11) is 1.48. The van der Waals surface area contributed by atoms with E-state index in [1.807, 2.05) is 6.07 Å². The van der Waals surface area contributed by atoms with Gasteiger partial charge in [-0.1, -0.05) is 0 Å². The van der Waals surface area contributed by atoms with Gasteiger partial charge >= 0.3 is 6.18 Å². The summed E-state index contributed by atoms with van der Waals surface area (Å²) < 4.78 is 45.1. The van der Waals surface area contributed by atoms with Crippen LogP contribution in [-0.2, 0) is 4.74 Å². The summed E-state index contributed by atoms with van der Waals surface area (Å²) in [6, 6.07) is 6.90. The molecule has 0 bridgehead atoms. The van der Waals surface area contributed by atoms with Gasteiger partial charge in [0.2, 0.25) is 0 Å². The molecule has 0 aromatic heterocycles. The standard InChI is InChI=1S/C13H15F3N2O2/c1-19-12-7-10(8-17)3-4-11(12)18-5-2-6-20-9-13(14,15)16/h3-4,7,18H,2,5-6,9H2,1H3. The van der Waals surface area contributed by atoms with Crippen LogP contribution in [0, 0.1) is 11.3 Å². The van der Waals surface area contributed by atoms with Crippen LogP contribution in [0.5, 0.6) is 5.75 Å². The van der Waals surface area contributed by atoms with E-state index >= 15 is 0 Å². The van der Waals surface area contributed by atoms with E-state index in [9.17, 15) is 13.2 Å². The first-order valence-electron chi connectivity index (χ1n) is 5.93. The van der Waals surface area contributed by atoms with Gasteiger partial charge in [-0.3, -0.25) is 0 Å². The number of ether oxygens (including phenoxy) is 2. The molecule has 7 heteroatoms. The van der Waals surface area contributed by atoms with Crippen LogP contribution in [0.3, 0.4) is 0 Å². The average Bonchev–Trinajstić information content (AvgIpc) is 2.41. The second-order valence-corrected chi connectivity index (χ2v) is 3.97. The minimum atomic E-state index is -4.29. The maximum absolute atomic E-state index is 11.8. The van der Waals surface area contributed by atoms with E-state index in [1.54, 1.807) is 18.2 Å². The Hall–Kier alpha value is -1.94. The van der Waals surface area contributed by atoms with Crippen molar-refractivity contribution in [1.82, 2.24) is 0 Å². The molecule has 1 N–H and O–H groups in total. The molecule has 0 spiro atoms. The normalized spacial score (nSPS) is 10.9. The molecule has 110 valence electrons. The Kier molecular flexibility index (Phi) is 6.12. The van der Waals surface area contributed by atoms with Crippen molar-refractivity contribution < 1.29 is 22.6 Å². The minimum absolute atomic E-state index is 0.0190. The van der Waals surface area contributed by atoms with Crippen molar-refractivity contribution >= 4 is 5.69 Å². The molecule has 0 aliphatic rings. The largest absolute Gasteiger partial charge is 0.495 e. The van der Waals surface area contributed by atoms with E-state index in [4.69, 9.17) is 10.00 Å². The SMILES string of the molecule is COc1cc(C#N)ccc1NCCCOCC(F)(F)F. The molecule has 0 fully saturated rings. The molecule has 0 saturated heterocycles. The van der Waals surface area contributed by atoms with Crippen molar-refractivity contribution in [3.05, 3.63) is 23.8 Å². The molecule has 0 radical (unpaired) electrons. The summed E-state index contributed by atoms with van der Waals surface area (Å²) >= 11 is 0. The molecular formula is C13H15F3N2O2. The highest BCUT2D eigenvalue weighted by atomic mass is 19.4. The molecule has 0 aliphatic heterocycles. The van der Waals surface area contributed by atoms with Gasteiger partial charge < -0.3 is 14.8 Å². The van der Waals surface area contributed by atoms with Gasteiger partial charge in [0, 0.05) is 19.2 Å². The van der Waals surface area contributed by atoms with Crippen molar-refractivity contribution in [3.8, 4) is 11.8 Å². The smallest absolute Gasteiger partial charge is 0.411 e. The number of alkyl halides is 3. The zero-order chi connectivity index (χ0) is 15.0. The third kappa shape index (κ3) is 5.80. The summed E-state index contributed by atoms with van der Waals surface area (Å²) in [5.41, 5.74) is 1.16. The lowest BCUT2D eigenvalue weighted by Gasteiger charge is -2.12. The highest BCUT2D eigenvalue weighted by molar-refractivity contribution is 5.59. The van der Waals surface area contributed by atoms with Crippen LogP contribution in [0.4, 0.5) is 18.9 Å². The lowest BCUT2D eigenvalue weighted by atomic mass is 10.2. The maximum atomic E-state index is 11.8. The summed E-state index contributed by atoms with van der Waals surface area (Å²) in [5, 5.41) is 11.8. The Bertz CT molecular complexity index is 470. The summed E-state index contributed by atoms with van der Waals surface area (Å²) in [4.78, 5) is 0. The molecule has 1 rings (SSSR count). The van der Waals surface area contributed by atoms with Crippen molar-refractivity contribution in [3.63, 3.8) is 0 Å². The molecule has 1 aromatic rings. The second-order valence-electron chi connectivity index (χ2n) is 3.97. The summed E-state index contributed by atoms with van der Waals surface area (Å²) in [6.45, 7) is -0.765. The molecular weight excluding hydrogens is 273 g/mol. The molecule has 0 unspecified atom stereocenters. The van der Waals surface area contributed by atoms with E-state index in [2.05, 4.69) is 10.1 Å². The monoisotopic (exact) mass is 288 g/mol. The highest BCUT2D eigenvalue weighted by Crippen LogP contribution is 2.25. The number of nitrogens with one attached hydrogen (secondary N) is 1. The van der Waals surface area contributed by atoms with E-state index in [-0.39, 0.29) is 6.61 Å². The Balaban J connectivity index is 2.34. The van der Waals surface area contributed by atoms with Crippen molar-refractivity contribution in [2.75, 3.05) is 32.2 Å². The van der Waals surface area contributed by atoms with Gasteiger partial charge in [-0.25, -0.2) is 0 Å². The predicted octanol–water partition coefficient (Wildman–Crippen LogP) is 2.95. The Morgan fingerprint density at radius 3 is 2.70 bits per heavy atom. The first-order chi connectivity index (χ1) is 9.46. The zero-order valence-electron chi connectivity index (χ0n) is 11.0. The summed E-state index contributed by atoms with van der Waals surface area (Å²) in [6.07, 6.45) is -3.86. The number of anilines is 1. The Labute approximate surface area is 115 Å². The van der Waals surface area contributed by atoms with Gasteiger partial charge in [-0.15, -0.1) is 0 Å². The van der Waals surface area contributed by atoms with Crippen molar-refractivity contribution in [1.29, 1.82) is 5.26 Å². The molecule has 0 atom stereocenters. The van der Waals surface area contributed by atoms with Crippen molar-refractivity contribution in [2.45, 2.75) is 12.6 Å². The first-order valence-corrected chi connectivity index (χ1v) is 5.93. The number of nitrogens with zero attached hydrogens (tertiary/aromatic N) is 1. The van der Waals surface area contributed by atoms with E-state index in [0.29, 0.717) is 30.0 Å². The van der Waals surface area contributed by atoms with Crippen LogP contribution in [0.1, 0.15) is 12.0 Å². The Morgan fingerprint density at radius 2 is 2.10 bits per heavy atom. The van der Waals surface area contributed by atoms with Crippen LogP contribution >= 0.6 is 0 Å². The molecule has 0 amide bonds. The number of methoxy groups -OCH3 is 1. The highest BCUT2D eigenvalue weighted by Gasteiger charge is 2.27. The topological polar surface area (TPSA) is 54.3 Å². The van der Waals surface area contributed by atoms with Gasteiger partial charge in [0.15, 0.2) is 0 Å². The fourth-order valence-corrected chi connectivity index (χ4v) is 1.49. The van der Waals surface area contributed by atoms with Crippen LogP contribution in [0.15, 0.2) is 18.2 Å². The van der Waals surface area contributed by atoms with Gasteiger partial charge in [-0.2, -0.15) is 18.4 Å². The second kappa shape index (κ2) is 7.60. The van der Waals surface area contributed by atoms with Crippen LogP contribution in [0.25, 0.3) is 0 Å². The number of hydrogen-bond acceptors (Lipinski definition) is 4. The lowest BCUT2D eigenvalue weighted by molar-refractivity contribution is -0.173. The third-order valence-corrected chi connectivity index (χ3v) is 2.38. The van der Waals surface area contributed by atoms with Gasteiger partial charge in [0.05, 0.1) is 24.4 Å². The fourth-order valence-electron chi connectivity index (χ4n) is 1.49. The van der Waals surface area contributed by atoms with E-state index < -0.39 is 12.8 Å². The zero-order valence-corrected chi connectivity index (χ0v) is 11.0. The van der Waals surface area contributed by atoms with E-state index in [0.717, 1.165) is 0 Å². The predicted molar refractivity (Wildman–Crippen MR) is 67.7 cm³/mol. The number of nitriles is 1. The maximum Gasteiger partial charge on any atom is 0.411 e. The molecule has 0 saturated carbocycles. The van der Waals surface area contributed by atoms with Gasteiger partial charge in [0.1, 0.15) is 12.4 Å². The van der Waals surface area contributed by atoms with Crippen LogP contribution in [-0.4, -0.2) is 33.0 Å². The molecule has 0 aliphatic carbocycles. The first kappa shape index (κ1) is 16.1.